The molecular formula is C19H26N2O4. The zero-order chi connectivity index (χ0) is 18.2. The molecule has 2 heterocycles. The van der Waals surface area contributed by atoms with Crippen LogP contribution in [0.2, 0.25) is 0 Å². The minimum atomic E-state index is -0.563. The second-order valence-electron chi connectivity index (χ2n) is 7.78. The molecule has 25 heavy (non-hydrogen) atoms. The Morgan fingerprint density at radius 3 is 2.84 bits per heavy atom. The van der Waals surface area contributed by atoms with E-state index in [4.69, 9.17) is 4.74 Å². The van der Waals surface area contributed by atoms with Crippen LogP contribution < -0.4 is 5.56 Å². The highest BCUT2D eigenvalue weighted by molar-refractivity contribution is 5.95. The largest absolute Gasteiger partial charge is 0.469 e. The normalized spacial score (nSPS) is 25.3. The van der Waals surface area contributed by atoms with Gasteiger partial charge in [-0.2, -0.15) is 0 Å². The van der Waals surface area contributed by atoms with Crippen LogP contribution in [0.25, 0.3) is 0 Å². The Hall–Kier alpha value is -2.11. The number of esters is 1. The smallest absolute Gasteiger partial charge is 0.313 e. The topological polar surface area (TPSA) is 79.5 Å². The first kappa shape index (κ1) is 17.7. The van der Waals surface area contributed by atoms with Gasteiger partial charge < -0.3 is 14.6 Å². The molecule has 2 aliphatic rings. The summed E-state index contributed by atoms with van der Waals surface area (Å²) in [6.45, 7) is 5.07. The first-order chi connectivity index (χ1) is 11.9. The lowest BCUT2D eigenvalue weighted by Crippen LogP contribution is -2.38. The Morgan fingerprint density at radius 1 is 1.40 bits per heavy atom. The van der Waals surface area contributed by atoms with Gasteiger partial charge >= 0.3 is 5.97 Å². The number of methoxy groups -OCH3 is 1. The predicted octanol–water partition coefficient (Wildman–Crippen LogP) is 1.99. The third-order valence-corrected chi connectivity index (χ3v) is 5.53. The van der Waals surface area contributed by atoms with Crippen LogP contribution in [0.5, 0.6) is 0 Å². The van der Waals surface area contributed by atoms with Crippen molar-refractivity contribution < 1.29 is 14.3 Å². The van der Waals surface area contributed by atoms with E-state index in [2.05, 4.69) is 18.8 Å². The van der Waals surface area contributed by atoms with E-state index in [1.807, 2.05) is 0 Å². The summed E-state index contributed by atoms with van der Waals surface area (Å²) in [5.41, 5.74) is 0.350. The maximum Gasteiger partial charge on any atom is 0.313 e. The molecule has 1 aliphatic carbocycles. The van der Waals surface area contributed by atoms with E-state index >= 15 is 0 Å². The molecule has 0 aromatic carbocycles. The number of hydrogen-bond donors (Lipinski definition) is 1. The lowest BCUT2D eigenvalue weighted by atomic mass is 9.81. The zero-order valence-electron chi connectivity index (χ0n) is 15.1. The molecule has 1 aromatic rings. The number of likely N-dealkylation sites (tertiary alicyclic amines) is 1. The number of carbonyl (C=O) groups is 2. The Kier molecular flexibility index (Phi) is 4.71. The minimum absolute atomic E-state index is 0.154. The van der Waals surface area contributed by atoms with Gasteiger partial charge in [-0.15, -0.1) is 0 Å². The molecule has 2 unspecified atom stereocenters. The molecule has 0 radical (unpaired) electrons. The number of aromatic amines is 1. The molecule has 0 bridgehead atoms. The van der Waals surface area contributed by atoms with E-state index in [9.17, 15) is 14.4 Å². The van der Waals surface area contributed by atoms with Gasteiger partial charge in [-0.3, -0.25) is 14.4 Å². The number of aromatic nitrogens is 1. The van der Waals surface area contributed by atoms with Crippen molar-refractivity contribution in [2.45, 2.75) is 39.5 Å². The third kappa shape index (κ3) is 3.22. The molecule has 3 rings (SSSR count). The molecule has 1 amide bonds. The van der Waals surface area contributed by atoms with Gasteiger partial charge in [0.1, 0.15) is 0 Å². The molecule has 1 saturated heterocycles. The first-order valence-corrected chi connectivity index (χ1v) is 8.96. The van der Waals surface area contributed by atoms with Crippen LogP contribution in [0.4, 0.5) is 0 Å². The first-order valence-electron chi connectivity index (χ1n) is 8.96. The molecule has 6 nitrogen and oxygen atoms in total. The van der Waals surface area contributed by atoms with Gasteiger partial charge in [-0.1, -0.05) is 20.3 Å². The molecule has 1 aromatic heterocycles. The second-order valence-corrected chi connectivity index (χ2v) is 7.78. The second kappa shape index (κ2) is 6.65. The van der Waals surface area contributed by atoms with Crippen molar-refractivity contribution >= 4 is 11.9 Å². The van der Waals surface area contributed by atoms with Gasteiger partial charge in [0.25, 0.3) is 5.91 Å². The lowest BCUT2D eigenvalue weighted by Gasteiger charge is -2.25. The Balaban J connectivity index is 1.84. The number of pyridine rings is 1. The van der Waals surface area contributed by atoms with E-state index < -0.39 is 5.41 Å². The summed E-state index contributed by atoms with van der Waals surface area (Å²) in [7, 11) is 1.41. The summed E-state index contributed by atoms with van der Waals surface area (Å²) in [5, 5.41) is 0. The predicted molar refractivity (Wildman–Crippen MR) is 93.3 cm³/mol. The summed E-state index contributed by atoms with van der Waals surface area (Å²) < 4.78 is 5.02. The number of nitrogens with zero attached hydrogens (tertiary/aromatic N) is 1. The number of nitrogens with one attached hydrogen (secondary N) is 1. The SMILES string of the molecule is COC(=O)C12CCCC1CN(C(=O)c1cc(CC(C)C)[nH]c(=O)c1)C2. The van der Waals surface area contributed by atoms with E-state index in [1.54, 1.807) is 11.0 Å². The summed E-state index contributed by atoms with van der Waals surface area (Å²) in [5.74, 6) is 0.154. The molecule has 136 valence electrons. The third-order valence-electron chi connectivity index (χ3n) is 5.53. The number of H-pyrrole nitrogens is 1. The Morgan fingerprint density at radius 2 is 2.16 bits per heavy atom. The fourth-order valence-corrected chi connectivity index (χ4v) is 4.44. The quantitative estimate of drug-likeness (QED) is 0.846. The Labute approximate surface area is 147 Å². The van der Waals surface area contributed by atoms with Gasteiger partial charge in [0, 0.05) is 30.4 Å². The molecule has 6 heteroatoms. The monoisotopic (exact) mass is 346 g/mol. The number of hydrogen-bond acceptors (Lipinski definition) is 4. The van der Waals surface area contributed by atoms with E-state index in [0.717, 1.165) is 25.0 Å². The van der Waals surface area contributed by atoms with Crippen LogP contribution in [0, 0.1) is 17.3 Å². The standard InChI is InChI=1S/C19H26N2O4/c1-12(2)7-15-8-13(9-16(22)20-15)17(23)21-10-14-5-4-6-19(14,11-21)18(24)25-3/h8-9,12,14H,4-7,10-11H2,1-3H3,(H,20,22). The van der Waals surface area contributed by atoms with Crippen molar-refractivity contribution in [1.29, 1.82) is 0 Å². The van der Waals surface area contributed by atoms with Crippen molar-refractivity contribution in [2.24, 2.45) is 17.3 Å². The highest BCUT2D eigenvalue weighted by Gasteiger charge is 2.56. The van der Waals surface area contributed by atoms with E-state index in [-0.39, 0.29) is 23.4 Å². The van der Waals surface area contributed by atoms with Crippen molar-refractivity contribution in [2.75, 3.05) is 20.2 Å². The fraction of sp³-hybridized carbons (Fsp3) is 0.632. The molecule has 1 saturated carbocycles. The zero-order valence-corrected chi connectivity index (χ0v) is 15.1. The molecule has 2 fully saturated rings. The average Bonchev–Trinajstić information content (AvgIpc) is 3.10. The van der Waals surface area contributed by atoms with Crippen LogP contribution >= 0.6 is 0 Å². The van der Waals surface area contributed by atoms with Crippen LogP contribution in [0.15, 0.2) is 16.9 Å². The lowest BCUT2D eigenvalue weighted by molar-refractivity contribution is -0.153. The number of carbonyl (C=O) groups excluding carboxylic acids is 2. The summed E-state index contributed by atoms with van der Waals surface area (Å²) in [4.78, 5) is 41.7. The van der Waals surface area contributed by atoms with Crippen LogP contribution in [-0.4, -0.2) is 42.0 Å². The van der Waals surface area contributed by atoms with Gasteiger partial charge in [0.05, 0.1) is 12.5 Å². The van der Waals surface area contributed by atoms with Gasteiger partial charge in [-0.25, -0.2) is 0 Å². The maximum atomic E-state index is 12.9. The average molecular weight is 346 g/mol. The summed E-state index contributed by atoms with van der Waals surface area (Å²) in [6, 6.07) is 3.12. The van der Waals surface area contributed by atoms with Gasteiger partial charge in [0.15, 0.2) is 0 Å². The number of ether oxygens (including phenoxy) is 1. The fourth-order valence-electron chi connectivity index (χ4n) is 4.44. The van der Waals surface area contributed by atoms with Crippen LogP contribution in [0.1, 0.15) is 49.2 Å². The van der Waals surface area contributed by atoms with Crippen molar-refractivity contribution in [3.63, 3.8) is 0 Å². The van der Waals surface area contributed by atoms with Gasteiger partial charge in [0.2, 0.25) is 5.56 Å². The Bertz CT molecular complexity index is 739. The summed E-state index contributed by atoms with van der Waals surface area (Å²) >= 11 is 0. The van der Waals surface area contributed by atoms with E-state index in [0.29, 0.717) is 31.0 Å². The number of fused-ring (bicyclic) bond motifs is 1. The number of rotatable bonds is 4. The maximum absolute atomic E-state index is 12.9. The molecule has 1 aliphatic heterocycles. The minimum Gasteiger partial charge on any atom is -0.469 e. The molecule has 0 spiro atoms. The highest BCUT2D eigenvalue weighted by atomic mass is 16.5. The number of amides is 1. The molecular weight excluding hydrogens is 320 g/mol. The van der Waals surface area contributed by atoms with Gasteiger partial charge in [-0.05, 0) is 37.2 Å². The highest BCUT2D eigenvalue weighted by Crippen LogP contribution is 2.49. The molecule has 2 atom stereocenters. The van der Waals surface area contributed by atoms with Crippen molar-refractivity contribution in [3.05, 3.63) is 33.7 Å². The van der Waals surface area contributed by atoms with Crippen molar-refractivity contribution in [1.82, 2.24) is 9.88 Å². The molecule has 1 N–H and O–H groups in total. The van der Waals surface area contributed by atoms with Crippen LogP contribution in [0.3, 0.4) is 0 Å². The van der Waals surface area contributed by atoms with Crippen LogP contribution in [-0.2, 0) is 16.0 Å². The van der Waals surface area contributed by atoms with Crippen molar-refractivity contribution in [3.8, 4) is 0 Å². The summed E-state index contributed by atoms with van der Waals surface area (Å²) in [6.07, 6.45) is 3.41. The van der Waals surface area contributed by atoms with E-state index in [1.165, 1.54) is 13.2 Å².